The SMILES string of the molecule is COc1ncccc1CNc1cc(F)c(Cl)cc1[N+](=O)[O-]. The summed E-state index contributed by atoms with van der Waals surface area (Å²) in [7, 11) is 1.47. The van der Waals surface area contributed by atoms with Crippen molar-refractivity contribution in [3.8, 4) is 5.88 Å². The van der Waals surface area contributed by atoms with Crippen molar-refractivity contribution in [2.45, 2.75) is 6.54 Å². The zero-order valence-corrected chi connectivity index (χ0v) is 11.7. The average Bonchev–Trinajstić information content (AvgIpc) is 2.48. The number of hydrogen-bond donors (Lipinski definition) is 1. The lowest BCUT2D eigenvalue weighted by molar-refractivity contribution is -0.384. The zero-order chi connectivity index (χ0) is 15.4. The minimum absolute atomic E-state index is 0.0350. The number of benzene rings is 1. The van der Waals surface area contributed by atoms with E-state index >= 15 is 0 Å². The second kappa shape index (κ2) is 6.36. The van der Waals surface area contributed by atoms with Crippen LogP contribution in [-0.2, 0) is 6.54 Å². The fraction of sp³-hybridized carbons (Fsp3) is 0.154. The number of nitrogens with zero attached hydrogens (tertiary/aromatic N) is 2. The molecule has 0 fully saturated rings. The molecule has 8 heteroatoms. The van der Waals surface area contributed by atoms with Crippen molar-refractivity contribution in [2.75, 3.05) is 12.4 Å². The highest BCUT2D eigenvalue weighted by molar-refractivity contribution is 6.31. The molecule has 0 aliphatic rings. The molecular formula is C13H11ClFN3O3. The van der Waals surface area contributed by atoms with E-state index in [4.69, 9.17) is 16.3 Å². The van der Waals surface area contributed by atoms with E-state index in [-0.39, 0.29) is 22.9 Å². The van der Waals surface area contributed by atoms with E-state index in [2.05, 4.69) is 10.3 Å². The Labute approximate surface area is 124 Å². The van der Waals surface area contributed by atoms with Crippen LogP contribution in [0.25, 0.3) is 0 Å². The van der Waals surface area contributed by atoms with Crippen LogP contribution in [0.4, 0.5) is 15.8 Å². The number of halogens is 2. The van der Waals surface area contributed by atoms with Gasteiger partial charge in [0.05, 0.1) is 17.1 Å². The molecular weight excluding hydrogens is 301 g/mol. The lowest BCUT2D eigenvalue weighted by atomic mass is 10.2. The highest BCUT2D eigenvalue weighted by atomic mass is 35.5. The normalized spacial score (nSPS) is 10.2. The Balaban J connectivity index is 2.27. The standard InChI is InChI=1S/C13H11ClFN3O3/c1-21-13-8(3-2-4-16-13)7-17-11-6-10(15)9(14)5-12(11)18(19)20/h2-6,17H,7H2,1H3. The molecule has 1 aromatic carbocycles. The molecule has 110 valence electrons. The second-order valence-electron chi connectivity index (χ2n) is 4.07. The molecule has 0 spiro atoms. The lowest BCUT2D eigenvalue weighted by Crippen LogP contribution is -2.05. The van der Waals surface area contributed by atoms with Crippen molar-refractivity contribution in [2.24, 2.45) is 0 Å². The molecule has 0 amide bonds. The molecule has 0 aliphatic heterocycles. The van der Waals surface area contributed by atoms with Crippen molar-refractivity contribution < 1.29 is 14.1 Å². The Kier molecular flexibility index (Phi) is 4.54. The summed E-state index contributed by atoms with van der Waals surface area (Å²) in [4.78, 5) is 14.3. The first kappa shape index (κ1) is 15.0. The number of methoxy groups -OCH3 is 1. The van der Waals surface area contributed by atoms with Crippen molar-refractivity contribution in [1.82, 2.24) is 4.98 Å². The largest absolute Gasteiger partial charge is 0.481 e. The van der Waals surface area contributed by atoms with Crippen molar-refractivity contribution >= 4 is 23.0 Å². The smallest absolute Gasteiger partial charge is 0.294 e. The summed E-state index contributed by atoms with van der Waals surface area (Å²) in [5.74, 6) is -0.343. The molecule has 1 heterocycles. The van der Waals surface area contributed by atoms with Gasteiger partial charge in [-0.05, 0) is 6.07 Å². The Morgan fingerprint density at radius 1 is 1.52 bits per heavy atom. The number of pyridine rings is 1. The van der Waals surface area contributed by atoms with E-state index in [0.717, 1.165) is 12.1 Å². The van der Waals surface area contributed by atoms with E-state index in [1.54, 1.807) is 18.3 Å². The number of hydrogen-bond acceptors (Lipinski definition) is 5. The summed E-state index contributed by atoms with van der Waals surface area (Å²) in [5, 5.41) is 13.5. The number of nitrogens with one attached hydrogen (secondary N) is 1. The number of nitro benzene ring substituents is 1. The minimum atomic E-state index is -0.733. The molecule has 1 aromatic heterocycles. The molecule has 21 heavy (non-hydrogen) atoms. The Bertz CT molecular complexity index is 682. The van der Waals surface area contributed by atoms with E-state index in [1.165, 1.54) is 7.11 Å². The van der Waals surface area contributed by atoms with Gasteiger partial charge in [-0.3, -0.25) is 10.1 Å². The number of rotatable bonds is 5. The minimum Gasteiger partial charge on any atom is -0.481 e. The maximum Gasteiger partial charge on any atom is 0.294 e. The molecule has 0 aliphatic carbocycles. The molecule has 0 saturated carbocycles. The third kappa shape index (κ3) is 3.38. The molecule has 0 atom stereocenters. The molecule has 6 nitrogen and oxygen atoms in total. The number of aromatic nitrogens is 1. The predicted octanol–water partition coefficient (Wildman–Crippen LogP) is 3.40. The topological polar surface area (TPSA) is 77.3 Å². The predicted molar refractivity (Wildman–Crippen MR) is 76.2 cm³/mol. The summed E-state index contributed by atoms with van der Waals surface area (Å²) in [6.45, 7) is 0.193. The fourth-order valence-electron chi connectivity index (χ4n) is 1.76. The summed E-state index contributed by atoms with van der Waals surface area (Å²) >= 11 is 5.56. The van der Waals surface area contributed by atoms with Gasteiger partial charge in [-0.2, -0.15) is 0 Å². The Morgan fingerprint density at radius 3 is 2.95 bits per heavy atom. The first-order chi connectivity index (χ1) is 10.0. The summed E-state index contributed by atoms with van der Waals surface area (Å²) in [6.07, 6.45) is 1.56. The number of nitro groups is 1. The van der Waals surface area contributed by atoms with E-state index in [0.29, 0.717) is 11.4 Å². The van der Waals surface area contributed by atoms with Crippen molar-refractivity contribution in [3.05, 3.63) is 57.0 Å². The maximum absolute atomic E-state index is 13.5. The quantitative estimate of drug-likeness (QED) is 0.676. The van der Waals surface area contributed by atoms with E-state index in [1.807, 2.05) is 0 Å². The van der Waals surface area contributed by atoms with E-state index in [9.17, 15) is 14.5 Å². The first-order valence-electron chi connectivity index (χ1n) is 5.88. The summed E-state index contributed by atoms with van der Waals surface area (Å²) in [6, 6.07) is 5.41. The van der Waals surface area contributed by atoms with Gasteiger partial charge in [-0.25, -0.2) is 9.37 Å². The molecule has 0 radical (unpaired) electrons. The van der Waals surface area contributed by atoms with Gasteiger partial charge in [-0.15, -0.1) is 0 Å². The monoisotopic (exact) mass is 311 g/mol. The van der Waals surface area contributed by atoms with Crippen LogP contribution in [0.3, 0.4) is 0 Å². The van der Waals surface area contributed by atoms with Crippen LogP contribution >= 0.6 is 11.6 Å². The molecule has 2 aromatic rings. The van der Waals surface area contributed by atoms with Crippen LogP contribution in [0.2, 0.25) is 5.02 Å². The lowest BCUT2D eigenvalue weighted by Gasteiger charge is -2.10. The van der Waals surface area contributed by atoms with Crippen LogP contribution in [0.5, 0.6) is 5.88 Å². The summed E-state index contributed by atoms with van der Waals surface area (Å²) < 4.78 is 18.5. The Hall–Kier alpha value is -2.41. The molecule has 0 unspecified atom stereocenters. The second-order valence-corrected chi connectivity index (χ2v) is 4.47. The third-order valence-corrected chi connectivity index (χ3v) is 3.04. The van der Waals surface area contributed by atoms with E-state index < -0.39 is 10.7 Å². The van der Waals surface area contributed by atoms with Gasteiger partial charge in [-0.1, -0.05) is 17.7 Å². The van der Waals surface area contributed by atoms with Gasteiger partial charge < -0.3 is 10.1 Å². The molecule has 0 saturated heterocycles. The van der Waals surface area contributed by atoms with Gasteiger partial charge in [0.15, 0.2) is 0 Å². The fourth-order valence-corrected chi connectivity index (χ4v) is 1.92. The summed E-state index contributed by atoms with van der Waals surface area (Å²) in [5.41, 5.74) is 0.418. The van der Waals surface area contributed by atoms with Gasteiger partial charge >= 0.3 is 0 Å². The Morgan fingerprint density at radius 2 is 2.29 bits per heavy atom. The van der Waals surface area contributed by atoms with Gasteiger partial charge in [0, 0.05) is 30.4 Å². The van der Waals surface area contributed by atoms with Gasteiger partial charge in [0.2, 0.25) is 5.88 Å². The van der Waals surface area contributed by atoms with Crippen LogP contribution in [0.1, 0.15) is 5.56 Å². The third-order valence-electron chi connectivity index (χ3n) is 2.75. The molecule has 2 rings (SSSR count). The van der Waals surface area contributed by atoms with Crippen molar-refractivity contribution in [1.29, 1.82) is 0 Å². The number of ether oxygens (including phenoxy) is 1. The van der Waals surface area contributed by atoms with Gasteiger partial charge in [0.25, 0.3) is 5.69 Å². The average molecular weight is 312 g/mol. The maximum atomic E-state index is 13.5. The van der Waals surface area contributed by atoms with Crippen LogP contribution in [0.15, 0.2) is 30.5 Å². The van der Waals surface area contributed by atoms with Crippen LogP contribution in [0, 0.1) is 15.9 Å². The zero-order valence-electron chi connectivity index (χ0n) is 11.0. The first-order valence-corrected chi connectivity index (χ1v) is 6.26. The highest BCUT2D eigenvalue weighted by Gasteiger charge is 2.18. The molecule has 1 N–H and O–H groups in total. The van der Waals surface area contributed by atoms with Gasteiger partial charge in [0.1, 0.15) is 11.5 Å². The van der Waals surface area contributed by atoms with Crippen molar-refractivity contribution in [3.63, 3.8) is 0 Å². The number of anilines is 1. The highest BCUT2D eigenvalue weighted by Crippen LogP contribution is 2.31. The van der Waals surface area contributed by atoms with Crippen LogP contribution < -0.4 is 10.1 Å². The molecule has 0 bridgehead atoms. The van der Waals surface area contributed by atoms with Crippen LogP contribution in [-0.4, -0.2) is 17.0 Å².